The Morgan fingerprint density at radius 2 is 1.83 bits per heavy atom. The molecule has 0 aliphatic carbocycles. The van der Waals surface area contributed by atoms with Gasteiger partial charge in [0.25, 0.3) is 11.8 Å². The predicted octanol–water partition coefficient (Wildman–Crippen LogP) is 1.99. The van der Waals surface area contributed by atoms with Crippen molar-refractivity contribution in [3.63, 3.8) is 0 Å². The Balaban J connectivity index is 2.09. The number of nitrogens with zero attached hydrogens (tertiary/aromatic N) is 1. The van der Waals surface area contributed by atoms with Crippen LogP contribution in [0.1, 0.15) is 21.0 Å². The van der Waals surface area contributed by atoms with E-state index in [0.29, 0.717) is 19.2 Å². The summed E-state index contributed by atoms with van der Waals surface area (Å²) in [4.78, 5) is 27.9. The fourth-order valence-corrected chi connectivity index (χ4v) is 1.82. The van der Waals surface area contributed by atoms with Crippen molar-refractivity contribution in [2.75, 3.05) is 25.6 Å². The van der Waals surface area contributed by atoms with Crippen molar-refractivity contribution >= 4 is 17.5 Å². The first-order valence-electron chi connectivity index (χ1n) is 7.02. The van der Waals surface area contributed by atoms with Gasteiger partial charge in [-0.05, 0) is 24.3 Å². The third-order valence-electron chi connectivity index (χ3n) is 2.99. The van der Waals surface area contributed by atoms with Crippen molar-refractivity contribution in [2.24, 2.45) is 0 Å². The summed E-state index contributed by atoms with van der Waals surface area (Å²) in [5.41, 5.74) is -0.213. The van der Waals surface area contributed by atoms with Gasteiger partial charge in [-0.1, -0.05) is 6.07 Å². The van der Waals surface area contributed by atoms with E-state index in [1.165, 1.54) is 25.3 Å². The number of rotatable bonds is 6. The van der Waals surface area contributed by atoms with Crippen LogP contribution in [0.2, 0.25) is 0 Å². The van der Waals surface area contributed by atoms with E-state index in [4.69, 9.17) is 4.74 Å². The maximum atomic E-state index is 13.6. The summed E-state index contributed by atoms with van der Waals surface area (Å²) in [7, 11) is 1.50. The van der Waals surface area contributed by atoms with E-state index in [1.54, 1.807) is 0 Å². The van der Waals surface area contributed by atoms with Gasteiger partial charge >= 0.3 is 0 Å². The van der Waals surface area contributed by atoms with Crippen LogP contribution in [-0.2, 0) is 4.74 Å². The minimum absolute atomic E-state index is 0.0401. The molecular formula is C16H15F2N3O3. The number of benzene rings is 1. The van der Waals surface area contributed by atoms with Gasteiger partial charge in [0, 0.05) is 19.7 Å². The number of halogens is 2. The number of methoxy groups -OCH3 is 1. The minimum atomic E-state index is -0.906. The third kappa shape index (κ3) is 4.56. The topological polar surface area (TPSA) is 80.3 Å². The van der Waals surface area contributed by atoms with Crippen LogP contribution in [0.3, 0.4) is 0 Å². The molecule has 1 aromatic heterocycles. The van der Waals surface area contributed by atoms with E-state index in [0.717, 1.165) is 12.1 Å². The molecule has 0 saturated carbocycles. The first-order valence-corrected chi connectivity index (χ1v) is 7.02. The van der Waals surface area contributed by atoms with Crippen molar-refractivity contribution in [3.05, 3.63) is 59.4 Å². The first kappa shape index (κ1) is 17.5. The van der Waals surface area contributed by atoms with Crippen LogP contribution in [-0.4, -0.2) is 37.1 Å². The highest BCUT2D eigenvalue weighted by Crippen LogP contribution is 2.15. The highest BCUT2D eigenvalue weighted by Gasteiger charge is 2.14. The highest BCUT2D eigenvalue weighted by molar-refractivity contribution is 6.03. The Labute approximate surface area is 136 Å². The Bertz CT molecular complexity index is 753. The number of pyridine rings is 1. The van der Waals surface area contributed by atoms with Gasteiger partial charge in [0.05, 0.1) is 12.3 Å². The van der Waals surface area contributed by atoms with Crippen molar-refractivity contribution in [1.29, 1.82) is 0 Å². The van der Waals surface area contributed by atoms with Crippen LogP contribution in [0, 0.1) is 11.6 Å². The van der Waals surface area contributed by atoms with Gasteiger partial charge in [0.2, 0.25) is 0 Å². The lowest BCUT2D eigenvalue weighted by Gasteiger charge is -2.08. The van der Waals surface area contributed by atoms with Crippen molar-refractivity contribution in [2.45, 2.75) is 0 Å². The smallest absolute Gasteiger partial charge is 0.274 e. The van der Waals surface area contributed by atoms with E-state index in [1.807, 2.05) is 0 Å². The average molecular weight is 335 g/mol. The molecule has 2 N–H and O–H groups in total. The van der Waals surface area contributed by atoms with E-state index in [9.17, 15) is 18.4 Å². The third-order valence-corrected chi connectivity index (χ3v) is 2.99. The molecule has 6 nitrogen and oxygen atoms in total. The molecule has 0 unspecified atom stereocenters. The number of amides is 2. The molecule has 0 radical (unpaired) electrons. The number of hydrogen-bond donors (Lipinski definition) is 2. The summed E-state index contributed by atoms with van der Waals surface area (Å²) in [5.74, 6) is -2.84. The molecule has 24 heavy (non-hydrogen) atoms. The van der Waals surface area contributed by atoms with Crippen LogP contribution in [0.5, 0.6) is 0 Å². The first-order chi connectivity index (χ1) is 11.5. The summed E-state index contributed by atoms with van der Waals surface area (Å²) in [6.45, 7) is 0.643. The summed E-state index contributed by atoms with van der Waals surface area (Å²) in [6, 6.07) is 7.08. The molecule has 2 amide bonds. The van der Waals surface area contributed by atoms with E-state index in [2.05, 4.69) is 15.6 Å². The number of anilines is 1. The van der Waals surface area contributed by atoms with Crippen LogP contribution in [0.15, 0.2) is 36.4 Å². The van der Waals surface area contributed by atoms with Crippen LogP contribution >= 0.6 is 0 Å². The van der Waals surface area contributed by atoms with Crippen LogP contribution in [0.25, 0.3) is 0 Å². The fourth-order valence-electron chi connectivity index (χ4n) is 1.82. The minimum Gasteiger partial charge on any atom is -0.383 e. The SMILES string of the molecule is COCCNC(=O)c1cccc(C(=O)Nc2ccc(F)cc2F)n1. The number of carbonyl (C=O) groups excluding carboxylic acids is 2. The molecule has 126 valence electrons. The van der Waals surface area contributed by atoms with Gasteiger partial charge in [0.1, 0.15) is 23.0 Å². The monoisotopic (exact) mass is 335 g/mol. The highest BCUT2D eigenvalue weighted by atomic mass is 19.1. The Morgan fingerprint density at radius 3 is 2.50 bits per heavy atom. The molecule has 0 aliphatic heterocycles. The number of carbonyl (C=O) groups is 2. The molecule has 0 saturated heterocycles. The standard InChI is InChI=1S/C16H15F2N3O3/c1-24-8-7-19-15(22)13-3-2-4-14(20-13)16(23)21-12-6-5-10(17)9-11(12)18/h2-6,9H,7-8H2,1H3,(H,19,22)(H,21,23). The number of ether oxygens (including phenoxy) is 1. The van der Waals surface area contributed by atoms with E-state index >= 15 is 0 Å². The van der Waals surface area contributed by atoms with Gasteiger partial charge < -0.3 is 15.4 Å². The summed E-state index contributed by atoms with van der Waals surface area (Å²) in [6.07, 6.45) is 0. The molecule has 0 fully saturated rings. The second-order valence-corrected chi connectivity index (χ2v) is 4.74. The number of hydrogen-bond acceptors (Lipinski definition) is 4. The zero-order valence-electron chi connectivity index (χ0n) is 12.8. The molecule has 1 aromatic carbocycles. The lowest BCUT2D eigenvalue weighted by molar-refractivity contribution is 0.0932. The number of aromatic nitrogens is 1. The fraction of sp³-hybridized carbons (Fsp3) is 0.188. The number of nitrogens with one attached hydrogen (secondary N) is 2. The predicted molar refractivity (Wildman–Crippen MR) is 82.8 cm³/mol. The lowest BCUT2D eigenvalue weighted by Crippen LogP contribution is -2.28. The van der Waals surface area contributed by atoms with Gasteiger partial charge in [-0.15, -0.1) is 0 Å². The second-order valence-electron chi connectivity index (χ2n) is 4.74. The Kier molecular flexibility index (Phi) is 5.91. The summed E-state index contributed by atoms with van der Waals surface area (Å²) < 4.78 is 31.2. The average Bonchev–Trinajstić information content (AvgIpc) is 2.57. The maximum absolute atomic E-state index is 13.6. The van der Waals surface area contributed by atoms with Crippen molar-refractivity contribution in [3.8, 4) is 0 Å². The quantitative estimate of drug-likeness (QED) is 0.791. The zero-order chi connectivity index (χ0) is 17.5. The second kappa shape index (κ2) is 8.11. The Hall–Kier alpha value is -2.87. The lowest BCUT2D eigenvalue weighted by atomic mass is 10.2. The van der Waals surface area contributed by atoms with Gasteiger partial charge in [-0.2, -0.15) is 0 Å². The molecule has 0 spiro atoms. The largest absolute Gasteiger partial charge is 0.383 e. The molecular weight excluding hydrogens is 320 g/mol. The molecule has 2 aromatic rings. The summed E-state index contributed by atoms with van der Waals surface area (Å²) in [5, 5.41) is 4.85. The van der Waals surface area contributed by atoms with Gasteiger partial charge in [-0.25, -0.2) is 13.8 Å². The summed E-state index contributed by atoms with van der Waals surface area (Å²) >= 11 is 0. The van der Waals surface area contributed by atoms with Crippen molar-refractivity contribution in [1.82, 2.24) is 10.3 Å². The van der Waals surface area contributed by atoms with E-state index < -0.39 is 23.4 Å². The Morgan fingerprint density at radius 1 is 1.12 bits per heavy atom. The van der Waals surface area contributed by atoms with Crippen LogP contribution < -0.4 is 10.6 Å². The van der Waals surface area contributed by atoms with Gasteiger partial charge in [-0.3, -0.25) is 9.59 Å². The molecule has 1 heterocycles. The molecule has 0 bridgehead atoms. The maximum Gasteiger partial charge on any atom is 0.274 e. The van der Waals surface area contributed by atoms with Crippen LogP contribution in [0.4, 0.5) is 14.5 Å². The molecule has 2 rings (SSSR count). The zero-order valence-corrected chi connectivity index (χ0v) is 12.8. The van der Waals surface area contributed by atoms with Gasteiger partial charge in [0.15, 0.2) is 0 Å². The van der Waals surface area contributed by atoms with E-state index in [-0.39, 0.29) is 17.1 Å². The molecule has 0 aliphatic rings. The molecule has 8 heteroatoms. The van der Waals surface area contributed by atoms with Crippen molar-refractivity contribution < 1.29 is 23.1 Å². The molecule has 0 atom stereocenters. The normalized spacial score (nSPS) is 10.3.